The van der Waals surface area contributed by atoms with Crippen LogP contribution < -0.4 is 0 Å². The molecule has 0 aliphatic carbocycles. The average Bonchev–Trinajstić information content (AvgIpc) is 2.09. The van der Waals surface area contributed by atoms with Gasteiger partial charge in [-0.25, -0.2) is 0 Å². The molecule has 14 heavy (non-hydrogen) atoms. The van der Waals surface area contributed by atoms with E-state index in [-0.39, 0.29) is 0 Å². The molecule has 0 aliphatic rings. The third-order valence-corrected chi connectivity index (χ3v) is 2.44. The van der Waals surface area contributed by atoms with Crippen molar-refractivity contribution in [3.8, 4) is 11.8 Å². The van der Waals surface area contributed by atoms with Gasteiger partial charge in [0.15, 0.2) is 0 Å². The Balaban J connectivity index is 3.18. The fourth-order valence-corrected chi connectivity index (χ4v) is 1.36. The molecule has 1 aromatic carbocycles. The third kappa shape index (κ3) is 2.16. The lowest BCUT2D eigenvalue weighted by atomic mass is 9.93. The Morgan fingerprint density at radius 2 is 1.86 bits per heavy atom. The van der Waals surface area contributed by atoms with E-state index < -0.39 is 5.60 Å². The molecule has 0 fully saturated rings. The van der Waals surface area contributed by atoms with Gasteiger partial charge in [-0.2, -0.15) is 0 Å². The van der Waals surface area contributed by atoms with Crippen LogP contribution in [0.3, 0.4) is 0 Å². The van der Waals surface area contributed by atoms with Crippen LogP contribution in [0, 0.1) is 25.7 Å². The molecule has 1 nitrogen and oxygen atoms in total. The zero-order valence-corrected chi connectivity index (χ0v) is 9.18. The van der Waals surface area contributed by atoms with Crippen LogP contribution >= 0.6 is 0 Å². The molecule has 0 saturated carbocycles. The van der Waals surface area contributed by atoms with E-state index in [1.807, 2.05) is 25.1 Å². The van der Waals surface area contributed by atoms with Gasteiger partial charge in [0, 0.05) is 0 Å². The van der Waals surface area contributed by atoms with Crippen LogP contribution in [0.1, 0.15) is 30.5 Å². The lowest BCUT2D eigenvalue weighted by Gasteiger charge is -2.18. The number of aliphatic hydroxyl groups is 1. The maximum absolute atomic E-state index is 10.0. The lowest BCUT2D eigenvalue weighted by Crippen LogP contribution is -2.18. The van der Waals surface area contributed by atoms with Crippen molar-refractivity contribution < 1.29 is 5.11 Å². The molecular formula is C13H16O. The summed E-state index contributed by atoms with van der Waals surface area (Å²) in [7, 11) is 0. The van der Waals surface area contributed by atoms with E-state index in [0.29, 0.717) is 0 Å². The second kappa shape index (κ2) is 3.86. The first-order valence-electron chi connectivity index (χ1n) is 4.71. The number of hydrogen-bond acceptors (Lipinski definition) is 1. The quantitative estimate of drug-likeness (QED) is 0.671. The Hall–Kier alpha value is -1.26. The molecule has 0 radical (unpaired) electrons. The highest BCUT2D eigenvalue weighted by molar-refractivity contribution is 5.37. The van der Waals surface area contributed by atoms with Gasteiger partial charge in [0.1, 0.15) is 5.60 Å². The maximum atomic E-state index is 10.0. The SMILES string of the molecule is CC#CC(C)(O)c1ccc(C)c(C)c1. The second-order valence-corrected chi connectivity index (χ2v) is 3.75. The maximum Gasteiger partial charge on any atom is 0.148 e. The molecule has 1 aromatic rings. The number of aryl methyl sites for hydroxylation is 2. The number of hydrogen-bond donors (Lipinski definition) is 1. The average molecular weight is 188 g/mol. The van der Waals surface area contributed by atoms with E-state index in [1.165, 1.54) is 11.1 Å². The molecule has 1 N–H and O–H groups in total. The molecule has 1 unspecified atom stereocenters. The van der Waals surface area contributed by atoms with Gasteiger partial charge < -0.3 is 5.11 Å². The highest BCUT2D eigenvalue weighted by Crippen LogP contribution is 2.21. The molecule has 1 rings (SSSR count). The zero-order chi connectivity index (χ0) is 10.8. The molecule has 0 bridgehead atoms. The monoisotopic (exact) mass is 188 g/mol. The van der Waals surface area contributed by atoms with Crippen LogP contribution in [0.15, 0.2) is 18.2 Å². The minimum absolute atomic E-state index is 0.856. The topological polar surface area (TPSA) is 20.2 Å². The number of benzene rings is 1. The van der Waals surface area contributed by atoms with Gasteiger partial charge in [0.05, 0.1) is 0 Å². The van der Waals surface area contributed by atoms with Crippen LogP contribution in [-0.4, -0.2) is 5.11 Å². The van der Waals surface area contributed by atoms with E-state index in [0.717, 1.165) is 5.56 Å². The normalized spacial score (nSPS) is 14.1. The first kappa shape index (κ1) is 10.8. The summed E-state index contributed by atoms with van der Waals surface area (Å²) >= 11 is 0. The van der Waals surface area contributed by atoms with Crippen molar-refractivity contribution in [2.24, 2.45) is 0 Å². The van der Waals surface area contributed by atoms with E-state index >= 15 is 0 Å². The van der Waals surface area contributed by atoms with Crippen molar-refractivity contribution in [1.29, 1.82) is 0 Å². The third-order valence-electron chi connectivity index (χ3n) is 2.44. The van der Waals surface area contributed by atoms with E-state index in [9.17, 15) is 5.11 Å². The number of rotatable bonds is 1. The molecule has 0 aromatic heterocycles. The first-order chi connectivity index (χ1) is 6.47. The van der Waals surface area contributed by atoms with E-state index in [4.69, 9.17) is 0 Å². The highest BCUT2D eigenvalue weighted by Gasteiger charge is 2.19. The molecule has 0 aliphatic heterocycles. The van der Waals surface area contributed by atoms with Crippen LogP contribution in [0.5, 0.6) is 0 Å². The first-order valence-corrected chi connectivity index (χ1v) is 4.71. The van der Waals surface area contributed by atoms with Gasteiger partial charge in [0.25, 0.3) is 0 Å². The van der Waals surface area contributed by atoms with Crippen molar-refractivity contribution in [2.45, 2.75) is 33.3 Å². The van der Waals surface area contributed by atoms with Gasteiger partial charge in [0.2, 0.25) is 0 Å². The van der Waals surface area contributed by atoms with Crippen LogP contribution in [-0.2, 0) is 5.60 Å². The van der Waals surface area contributed by atoms with Crippen molar-refractivity contribution in [3.05, 3.63) is 34.9 Å². The lowest BCUT2D eigenvalue weighted by molar-refractivity contribution is 0.122. The standard InChI is InChI=1S/C13H16O/c1-5-8-13(4,14)12-7-6-10(2)11(3)9-12/h6-7,9,14H,1-4H3. The molecule has 0 spiro atoms. The van der Waals surface area contributed by atoms with Crippen molar-refractivity contribution in [3.63, 3.8) is 0 Å². The summed E-state index contributed by atoms with van der Waals surface area (Å²) in [5.41, 5.74) is 2.23. The predicted octanol–water partition coefficient (Wildman–Crippen LogP) is 2.53. The fraction of sp³-hybridized carbons (Fsp3) is 0.385. The Morgan fingerprint density at radius 1 is 1.21 bits per heavy atom. The summed E-state index contributed by atoms with van der Waals surface area (Å²) < 4.78 is 0. The zero-order valence-electron chi connectivity index (χ0n) is 9.18. The van der Waals surface area contributed by atoms with Gasteiger partial charge in [-0.05, 0) is 44.4 Å². The minimum atomic E-state index is -1.03. The van der Waals surface area contributed by atoms with Gasteiger partial charge in [-0.3, -0.25) is 0 Å². The Morgan fingerprint density at radius 3 is 2.36 bits per heavy atom. The van der Waals surface area contributed by atoms with Crippen molar-refractivity contribution in [1.82, 2.24) is 0 Å². The Kier molecular flexibility index (Phi) is 2.98. The largest absolute Gasteiger partial charge is 0.374 e. The summed E-state index contributed by atoms with van der Waals surface area (Å²) in [6.45, 7) is 7.54. The van der Waals surface area contributed by atoms with E-state index in [2.05, 4.69) is 18.8 Å². The Bertz CT molecular complexity index is 391. The van der Waals surface area contributed by atoms with Crippen LogP contribution in [0.25, 0.3) is 0 Å². The van der Waals surface area contributed by atoms with Gasteiger partial charge in [-0.15, -0.1) is 5.92 Å². The predicted molar refractivity (Wildman–Crippen MR) is 58.9 cm³/mol. The van der Waals surface area contributed by atoms with Crippen LogP contribution in [0.4, 0.5) is 0 Å². The summed E-state index contributed by atoms with van der Waals surface area (Å²) in [6.07, 6.45) is 0. The van der Waals surface area contributed by atoms with Crippen molar-refractivity contribution >= 4 is 0 Å². The van der Waals surface area contributed by atoms with Crippen molar-refractivity contribution in [2.75, 3.05) is 0 Å². The Labute approximate surface area is 85.8 Å². The summed E-state index contributed by atoms with van der Waals surface area (Å²) in [5, 5.41) is 10.0. The second-order valence-electron chi connectivity index (χ2n) is 3.75. The molecule has 0 saturated heterocycles. The summed E-state index contributed by atoms with van der Waals surface area (Å²) in [6, 6.07) is 5.92. The fourth-order valence-electron chi connectivity index (χ4n) is 1.36. The molecule has 0 amide bonds. The van der Waals surface area contributed by atoms with Gasteiger partial charge in [-0.1, -0.05) is 24.1 Å². The molecule has 1 heteroatoms. The summed E-state index contributed by atoms with van der Waals surface area (Å²) in [4.78, 5) is 0. The molecule has 74 valence electrons. The highest BCUT2D eigenvalue weighted by atomic mass is 16.3. The summed E-state index contributed by atoms with van der Waals surface area (Å²) in [5.74, 6) is 5.53. The minimum Gasteiger partial charge on any atom is -0.374 e. The smallest absolute Gasteiger partial charge is 0.148 e. The molecule has 1 atom stereocenters. The molecule has 0 heterocycles. The van der Waals surface area contributed by atoms with Crippen LogP contribution in [0.2, 0.25) is 0 Å². The van der Waals surface area contributed by atoms with E-state index in [1.54, 1.807) is 13.8 Å². The van der Waals surface area contributed by atoms with Gasteiger partial charge >= 0.3 is 0 Å². The molecular weight excluding hydrogens is 172 g/mol.